The zero-order valence-corrected chi connectivity index (χ0v) is 13.3. The van der Waals surface area contributed by atoms with Crippen molar-refractivity contribution in [1.82, 2.24) is 4.57 Å². The molecule has 0 radical (unpaired) electrons. The first kappa shape index (κ1) is 14.5. The van der Waals surface area contributed by atoms with E-state index in [0.29, 0.717) is 10.4 Å². The third-order valence-corrected chi connectivity index (χ3v) is 4.20. The van der Waals surface area contributed by atoms with Crippen molar-refractivity contribution < 1.29 is 4.79 Å². The lowest BCUT2D eigenvalue weighted by molar-refractivity contribution is 0.0998. The molecule has 22 heavy (non-hydrogen) atoms. The van der Waals surface area contributed by atoms with Gasteiger partial charge in [-0.05, 0) is 38.1 Å². The van der Waals surface area contributed by atoms with Crippen LogP contribution in [0.4, 0.5) is 0 Å². The largest absolute Gasteiger partial charge is 0.292 e. The molecule has 0 aliphatic carbocycles. The topological polar surface area (TPSA) is 34.4 Å². The average Bonchev–Trinajstić information content (AvgIpc) is 2.89. The van der Waals surface area contributed by atoms with Crippen LogP contribution in [0, 0.1) is 13.8 Å². The number of amides is 1. The van der Waals surface area contributed by atoms with Crippen molar-refractivity contribution in [2.75, 3.05) is 0 Å². The van der Waals surface area contributed by atoms with Crippen LogP contribution in [0.2, 0.25) is 0 Å². The molecule has 0 unspecified atom stereocenters. The Hall–Kier alpha value is -2.46. The van der Waals surface area contributed by atoms with E-state index in [4.69, 9.17) is 0 Å². The van der Waals surface area contributed by atoms with Crippen molar-refractivity contribution in [1.29, 1.82) is 0 Å². The van der Waals surface area contributed by atoms with E-state index in [1.54, 1.807) is 12.1 Å². The van der Waals surface area contributed by atoms with Crippen molar-refractivity contribution in [2.45, 2.75) is 13.8 Å². The Morgan fingerprint density at radius 1 is 1.00 bits per heavy atom. The van der Waals surface area contributed by atoms with Crippen LogP contribution >= 0.6 is 11.3 Å². The SMILES string of the molecule is Cc1ccc(-n2cc(C)sc2=NC(=O)c2ccccc2)cc1. The highest BCUT2D eigenvalue weighted by Gasteiger charge is 2.06. The second-order valence-corrected chi connectivity index (χ2v) is 6.33. The molecule has 2 aromatic carbocycles. The molecule has 3 aromatic rings. The molecule has 0 bridgehead atoms. The zero-order chi connectivity index (χ0) is 15.5. The van der Waals surface area contributed by atoms with Crippen LogP contribution in [0.5, 0.6) is 0 Å². The van der Waals surface area contributed by atoms with E-state index in [1.807, 2.05) is 48.0 Å². The maximum atomic E-state index is 12.3. The number of aromatic nitrogens is 1. The summed E-state index contributed by atoms with van der Waals surface area (Å²) in [4.78, 5) is 18.4. The van der Waals surface area contributed by atoms with E-state index in [1.165, 1.54) is 16.9 Å². The van der Waals surface area contributed by atoms with E-state index < -0.39 is 0 Å². The number of carbonyl (C=O) groups excluding carboxylic acids is 1. The molecule has 3 rings (SSSR count). The van der Waals surface area contributed by atoms with Gasteiger partial charge in [-0.1, -0.05) is 35.9 Å². The molecule has 3 nitrogen and oxygen atoms in total. The quantitative estimate of drug-likeness (QED) is 0.707. The Morgan fingerprint density at radius 3 is 2.36 bits per heavy atom. The molecule has 0 fully saturated rings. The highest BCUT2D eigenvalue weighted by Crippen LogP contribution is 2.11. The highest BCUT2D eigenvalue weighted by atomic mass is 32.1. The van der Waals surface area contributed by atoms with E-state index in [9.17, 15) is 4.79 Å². The summed E-state index contributed by atoms with van der Waals surface area (Å²) in [6.45, 7) is 4.07. The fourth-order valence-corrected chi connectivity index (χ4v) is 2.99. The van der Waals surface area contributed by atoms with Crippen LogP contribution in [0.15, 0.2) is 65.8 Å². The molecule has 0 atom stereocenters. The lowest BCUT2D eigenvalue weighted by atomic mass is 10.2. The Balaban J connectivity index is 2.06. The van der Waals surface area contributed by atoms with E-state index in [2.05, 4.69) is 24.0 Å². The molecule has 0 aliphatic heterocycles. The van der Waals surface area contributed by atoms with Gasteiger partial charge >= 0.3 is 0 Å². The molecule has 110 valence electrons. The third kappa shape index (κ3) is 3.07. The Kier molecular flexibility index (Phi) is 4.02. The maximum absolute atomic E-state index is 12.3. The smallest absolute Gasteiger partial charge is 0.279 e. The fourth-order valence-electron chi connectivity index (χ4n) is 2.16. The van der Waals surface area contributed by atoms with E-state index >= 15 is 0 Å². The summed E-state index contributed by atoms with van der Waals surface area (Å²) in [6, 6.07) is 17.3. The van der Waals surface area contributed by atoms with Gasteiger partial charge in [-0.2, -0.15) is 4.99 Å². The first-order valence-corrected chi connectivity index (χ1v) is 7.85. The summed E-state index contributed by atoms with van der Waals surface area (Å²) in [7, 11) is 0. The molecule has 0 saturated heterocycles. The average molecular weight is 308 g/mol. The molecular formula is C18H16N2OS. The number of hydrogen-bond donors (Lipinski definition) is 0. The molecule has 0 N–H and O–H groups in total. The molecule has 4 heteroatoms. The summed E-state index contributed by atoms with van der Waals surface area (Å²) < 4.78 is 1.96. The summed E-state index contributed by atoms with van der Waals surface area (Å²) in [5, 5.41) is 0. The minimum atomic E-state index is -0.219. The number of carbonyl (C=O) groups is 1. The van der Waals surface area contributed by atoms with Crippen molar-refractivity contribution >= 4 is 17.2 Å². The monoisotopic (exact) mass is 308 g/mol. The summed E-state index contributed by atoms with van der Waals surface area (Å²) in [6.07, 6.45) is 2.01. The second kappa shape index (κ2) is 6.12. The Labute approximate surface area is 133 Å². The van der Waals surface area contributed by atoms with Gasteiger partial charge in [-0.25, -0.2) is 0 Å². The highest BCUT2D eigenvalue weighted by molar-refractivity contribution is 7.09. The van der Waals surface area contributed by atoms with E-state index in [0.717, 1.165) is 10.6 Å². The fraction of sp³-hybridized carbons (Fsp3) is 0.111. The first-order valence-electron chi connectivity index (χ1n) is 7.04. The van der Waals surface area contributed by atoms with E-state index in [-0.39, 0.29) is 5.91 Å². The summed E-state index contributed by atoms with van der Waals surface area (Å²) in [5.41, 5.74) is 2.81. The minimum absolute atomic E-state index is 0.219. The van der Waals surface area contributed by atoms with Gasteiger partial charge in [-0.3, -0.25) is 9.36 Å². The molecule has 0 saturated carbocycles. The normalized spacial score (nSPS) is 11.6. The zero-order valence-electron chi connectivity index (χ0n) is 12.5. The molecule has 1 heterocycles. The van der Waals surface area contributed by atoms with Crippen LogP contribution in [-0.4, -0.2) is 10.5 Å². The van der Waals surface area contributed by atoms with Gasteiger partial charge in [0, 0.05) is 22.3 Å². The number of thiazole rings is 1. The molecular weight excluding hydrogens is 292 g/mol. The maximum Gasteiger partial charge on any atom is 0.279 e. The van der Waals surface area contributed by atoms with Crippen molar-refractivity contribution in [2.24, 2.45) is 4.99 Å². The van der Waals surface area contributed by atoms with Crippen LogP contribution in [0.3, 0.4) is 0 Å². The van der Waals surface area contributed by atoms with Crippen LogP contribution in [0.25, 0.3) is 5.69 Å². The lowest BCUT2D eigenvalue weighted by Crippen LogP contribution is -2.14. The van der Waals surface area contributed by atoms with Crippen LogP contribution in [-0.2, 0) is 0 Å². The van der Waals surface area contributed by atoms with Gasteiger partial charge in [0.05, 0.1) is 0 Å². The van der Waals surface area contributed by atoms with Crippen molar-refractivity contribution in [3.05, 3.63) is 81.6 Å². The van der Waals surface area contributed by atoms with Crippen LogP contribution in [0.1, 0.15) is 20.8 Å². The predicted octanol–water partition coefficient (Wildman–Crippen LogP) is 3.90. The number of hydrogen-bond acceptors (Lipinski definition) is 2. The standard InChI is InChI=1S/C18H16N2OS/c1-13-8-10-16(11-9-13)20-12-14(2)22-18(20)19-17(21)15-6-4-3-5-7-15/h3-12H,1-2H3. The second-order valence-electron chi connectivity index (χ2n) is 5.11. The van der Waals surface area contributed by atoms with Gasteiger partial charge in [0.2, 0.25) is 0 Å². The lowest BCUT2D eigenvalue weighted by Gasteiger charge is -2.03. The van der Waals surface area contributed by atoms with Gasteiger partial charge in [-0.15, -0.1) is 11.3 Å². The molecule has 0 aliphatic rings. The summed E-state index contributed by atoms with van der Waals surface area (Å²) >= 11 is 1.51. The summed E-state index contributed by atoms with van der Waals surface area (Å²) in [5.74, 6) is -0.219. The van der Waals surface area contributed by atoms with Crippen molar-refractivity contribution in [3.8, 4) is 5.69 Å². The predicted molar refractivity (Wildman–Crippen MR) is 89.5 cm³/mol. The van der Waals surface area contributed by atoms with Crippen molar-refractivity contribution in [3.63, 3.8) is 0 Å². The number of rotatable bonds is 2. The number of aryl methyl sites for hydroxylation is 2. The number of benzene rings is 2. The Bertz CT molecular complexity index is 858. The molecule has 0 spiro atoms. The van der Waals surface area contributed by atoms with Gasteiger partial charge < -0.3 is 0 Å². The first-order chi connectivity index (χ1) is 10.6. The van der Waals surface area contributed by atoms with Gasteiger partial charge in [0.15, 0.2) is 4.80 Å². The molecule has 1 amide bonds. The van der Waals surface area contributed by atoms with Crippen LogP contribution < -0.4 is 4.80 Å². The van der Waals surface area contributed by atoms with Gasteiger partial charge in [0.1, 0.15) is 0 Å². The third-order valence-electron chi connectivity index (χ3n) is 3.30. The Morgan fingerprint density at radius 2 is 1.68 bits per heavy atom. The minimum Gasteiger partial charge on any atom is -0.292 e. The molecule has 1 aromatic heterocycles. The van der Waals surface area contributed by atoms with Gasteiger partial charge in [0.25, 0.3) is 5.91 Å². The number of nitrogens with zero attached hydrogens (tertiary/aromatic N) is 2.